The van der Waals surface area contributed by atoms with Crippen LogP contribution in [-0.2, 0) is 31.8 Å². The van der Waals surface area contributed by atoms with Crippen LogP contribution in [-0.4, -0.2) is 83.9 Å². The summed E-state index contributed by atoms with van der Waals surface area (Å²) in [6, 6.07) is 10.0. The number of carbonyl (C=O) groups excluding carboxylic acids is 3. The summed E-state index contributed by atoms with van der Waals surface area (Å²) in [5, 5.41) is 3.33. The highest BCUT2D eigenvalue weighted by Crippen LogP contribution is 2.28. The molecule has 48 heavy (non-hydrogen) atoms. The van der Waals surface area contributed by atoms with Gasteiger partial charge in [0.1, 0.15) is 28.4 Å². The van der Waals surface area contributed by atoms with Gasteiger partial charge >= 0.3 is 18.3 Å². The van der Waals surface area contributed by atoms with Gasteiger partial charge < -0.3 is 29.2 Å². The summed E-state index contributed by atoms with van der Waals surface area (Å²) in [6.45, 7) is 19.9. The first-order chi connectivity index (χ1) is 22.2. The molecule has 3 rings (SSSR count). The number of hydrogen-bond donors (Lipinski definition) is 1. The molecular weight excluding hydrogens is 619 g/mol. The minimum Gasteiger partial charge on any atom is -0.444 e. The molecular formula is C36H53FN4O7. The molecule has 266 valence electrons. The maximum Gasteiger partial charge on any atom is 0.425 e. The van der Waals surface area contributed by atoms with E-state index in [-0.39, 0.29) is 23.7 Å². The van der Waals surface area contributed by atoms with E-state index >= 15 is 0 Å². The van der Waals surface area contributed by atoms with Crippen molar-refractivity contribution >= 4 is 24.1 Å². The Bertz CT molecular complexity index is 1390. The molecule has 0 saturated carbocycles. The molecule has 0 spiro atoms. The number of nitrogens with one attached hydrogen (secondary N) is 1. The normalized spacial score (nSPS) is 16.9. The van der Waals surface area contributed by atoms with E-state index in [1.54, 1.807) is 58.6 Å². The molecule has 1 aliphatic rings. The lowest BCUT2D eigenvalue weighted by molar-refractivity contribution is 0.0186. The number of likely N-dealkylation sites (tertiary alicyclic amines) is 1. The van der Waals surface area contributed by atoms with Crippen LogP contribution in [0, 0.1) is 18.7 Å². The minimum absolute atomic E-state index is 0.0791. The van der Waals surface area contributed by atoms with Crippen LogP contribution < -0.4 is 10.2 Å². The molecule has 1 aromatic heterocycles. The van der Waals surface area contributed by atoms with Gasteiger partial charge in [-0.15, -0.1) is 0 Å². The second-order valence-electron chi connectivity index (χ2n) is 15.2. The number of aromatic nitrogens is 1. The van der Waals surface area contributed by atoms with Crippen LogP contribution in [0.2, 0.25) is 0 Å². The molecule has 1 aromatic carbocycles. The fraction of sp³-hybridized carbons (Fsp3) is 0.611. The number of pyridine rings is 1. The van der Waals surface area contributed by atoms with Crippen molar-refractivity contribution in [2.24, 2.45) is 5.92 Å². The van der Waals surface area contributed by atoms with Crippen molar-refractivity contribution in [3.8, 4) is 0 Å². The van der Waals surface area contributed by atoms with E-state index in [9.17, 15) is 18.8 Å². The Labute approximate surface area is 284 Å². The van der Waals surface area contributed by atoms with Gasteiger partial charge in [-0.05, 0) is 124 Å². The summed E-state index contributed by atoms with van der Waals surface area (Å²) in [7, 11) is 0. The van der Waals surface area contributed by atoms with Gasteiger partial charge in [0, 0.05) is 24.7 Å². The molecule has 11 nitrogen and oxygen atoms in total. The Morgan fingerprint density at radius 1 is 0.896 bits per heavy atom. The van der Waals surface area contributed by atoms with Gasteiger partial charge in [0.25, 0.3) is 0 Å². The topological polar surface area (TPSA) is 120 Å². The predicted molar refractivity (Wildman–Crippen MR) is 182 cm³/mol. The van der Waals surface area contributed by atoms with E-state index < -0.39 is 35.1 Å². The van der Waals surface area contributed by atoms with Crippen molar-refractivity contribution in [1.82, 2.24) is 15.2 Å². The molecule has 3 amide bonds. The molecule has 0 aliphatic carbocycles. The summed E-state index contributed by atoms with van der Waals surface area (Å²) >= 11 is 0. The van der Waals surface area contributed by atoms with Crippen molar-refractivity contribution in [2.75, 3.05) is 37.7 Å². The van der Waals surface area contributed by atoms with E-state index in [4.69, 9.17) is 23.9 Å². The van der Waals surface area contributed by atoms with Crippen LogP contribution in [0.3, 0.4) is 0 Å². The molecule has 0 bridgehead atoms. The van der Waals surface area contributed by atoms with Crippen LogP contribution in [0.25, 0.3) is 0 Å². The maximum absolute atomic E-state index is 13.5. The van der Waals surface area contributed by atoms with Crippen molar-refractivity contribution in [2.45, 2.75) is 105 Å². The fourth-order valence-corrected chi connectivity index (χ4v) is 5.12. The van der Waals surface area contributed by atoms with E-state index in [2.05, 4.69) is 5.32 Å². The number of amides is 3. The van der Waals surface area contributed by atoms with Crippen LogP contribution in [0.1, 0.15) is 79.1 Å². The average Bonchev–Trinajstić information content (AvgIpc) is 3.30. The first-order valence-corrected chi connectivity index (χ1v) is 16.5. The molecule has 1 fully saturated rings. The number of halogens is 1. The molecule has 1 N–H and O–H groups in total. The zero-order valence-corrected chi connectivity index (χ0v) is 30.1. The summed E-state index contributed by atoms with van der Waals surface area (Å²) in [4.78, 5) is 46.8. The Kier molecular flexibility index (Phi) is 13.0. The van der Waals surface area contributed by atoms with Gasteiger partial charge in [-0.2, -0.15) is 4.90 Å². The second-order valence-corrected chi connectivity index (χ2v) is 15.2. The predicted octanol–water partition coefficient (Wildman–Crippen LogP) is 6.83. The SMILES string of the molecule is Cc1cc(CC2CN(C(=O)OC(C)(C)C)CC2OCCNCCc2cccc(F)c2)nc(N(C(=O)OC(C)(C)C)C(=O)OC(C)(C)C)c1. The highest BCUT2D eigenvalue weighted by Gasteiger charge is 2.39. The average molecular weight is 673 g/mol. The van der Waals surface area contributed by atoms with Crippen LogP contribution in [0.15, 0.2) is 36.4 Å². The minimum atomic E-state index is -0.899. The molecule has 2 unspecified atom stereocenters. The largest absolute Gasteiger partial charge is 0.444 e. The van der Waals surface area contributed by atoms with Gasteiger partial charge in [0.05, 0.1) is 19.3 Å². The Hall–Kier alpha value is -3.77. The first kappa shape index (κ1) is 38.7. The maximum atomic E-state index is 13.5. The molecule has 2 aromatic rings. The Morgan fingerprint density at radius 3 is 2.10 bits per heavy atom. The van der Waals surface area contributed by atoms with Gasteiger partial charge in [0.15, 0.2) is 0 Å². The number of carbonyl (C=O) groups is 3. The second kappa shape index (κ2) is 16.1. The third-order valence-corrected chi connectivity index (χ3v) is 6.98. The molecule has 0 radical (unpaired) electrons. The number of imide groups is 1. The van der Waals surface area contributed by atoms with Crippen LogP contribution in [0.4, 0.5) is 24.6 Å². The van der Waals surface area contributed by atoms with Crippen LogP contribution in [0.5, 0.6) is 0 Å². The number of rotatable bonds is 10. The Balaban J connectivity index is 1.78. The third-order valence-electron chi connectivity index (χ3n) is 6.98. The van der Waals surface area contributed by atoms with Crippen molar-refractivity contribution in [3.05, 3.63) is 59.0 Å². The number of aryl methyl sites for hydroxylation is 1. The smallest absolute Gasteiger partial charge is 0.425 e. The summed E-state index contributed by atoms with van der Waals surface area (Å²) in [6.07, 6.45) is -1.46. The lowest BCUT2D eigenvalue weighted by atomic mass is 9.98. The van der Waals surface area contributed by atoms with E-state index in [1.165, 1.54) is 12.1 Å². The van der Waals surface area contributed by atoms with Crippen molar-refractivity contribution in [3.63, 3.8) is 0 Å². The number of nitrogens with zero attached hydrogens (tertiary/aromatic N) is 3. The quantitative estimate of drug-likeness (QED) is 0.214. The van der Waals surface area contributed by atoms with Gasteiger partial charge in [-0.1, -0.05) is 12.1 Å². The third kappa shape index (κ3) is 13.0. The lowest BCUT2D eigenvalue weighted by Gasteiger charge is -2.28. The number of hydrogen-bond acceptors (Lipinski definition) is 9. The number of anilines is 1. The van der Waals surface area contributed by atoms with Crippen molar-refractivity contribution < 1.29 is 37.7 Å². The zero-order chi connectivity index (χ0) is 35.9. The summed E-state index contributed by atoms with van der Waals surface area (Å²) < 4.78 is 36.5. The van der Waals surface area contributed by atoms with Gasteiger partial charge in [-0.3, -0.25) is 0 Å². The van der Waals surface area contributed by atoms with E-state index in [1.807, 2.05) is 39.8 Å². The van der Waals surface area contributed by atoms with E-state index in [0.717, 1.165) is 16.0 Å². The monoisotopic (exact) mass is 672 g/mol. The van der Waals surface area contributed by atoms with Gasteiger partial charge in [-0.25, -0.2) is 23.8 Å². The van der Waals surface area contributed by atoms with Gasteiger partial charge in [0.2, 0.25) is 0 Å². The first-order valence-electron chi connectivity index (χ1n) is 16.5. The molecule has 2 heterocycles. The zero-order valence-electron chi connectivity index (χ0n) is 30.1. The highest BCUT2D eigenvalue weighted by molar-refractivity contribution is 6.08. The Morgan fingerprint density at radius 2 is 1.52 bits per heavy atom. The number of benzene rings is 1. The molecule has 2 atom stereocenters. The fourth-order valence-electron chi connectivity index (χ4n) is 5.12. The molecule has 1 aliphatic heterocycles. The number of ether oxygens (including phenoxy) is 4. The highest BCUT2D eigenvalue weighted by atomic mass is 19.1. The standard InChI is InChI=1S/C36H53FN4O7/c1-24-18-28(39-30(19-24)41(32(43)47-35(5,6)7)33(44)48-36(8,9)10)21-26-22-40(31(42)46-34(2,3)4)23-29(26)45-17-16-38-15-14-25-12-11-13-27(37)20-25/h11-13,18-20,26,29,38H,14-17,21-23H2,1-10H3. The lowest BCUT2D eigenvalue weighted by Crippen LogP contribution is -2.44. The molecule has 1 saturated heterocycles. The van der Waals surface area contributed by atoms with E-state index in [0.29, 0.717) is 51.3 Å². The van der Waals surface area contributed by atoms with Crippen LogP contribution >= 0.6 is 0 Å². The molecule has 12 heteroatoms. The van der Waals surface area contributed by atoms with Crippen molar-refractivity contribution in [1.29, 1.82) is 0 Å². The summed E-state index contributed by atoms with van der Waals surface area (Å²) in [5.74, 6) is -0.325. The summed E-state index contributed by atoms with van der Waals surface area (Å²) in [5.41, 5.74) is -0.0877.